The Morgan fingerprint density at radius 3 is 2.94 bits per heavy atom. The van der Waals surface area contributed by atoms with E-state index in [1.807, 2.05) is 24.3 Å². The maximum Gasteiger partial charge on any atom is 0.196 e. The summed E-state index contributed by atoms with van der Waals surface area (Å²) in [6.07, 6.45) is 2.51. The van der Waals surface area contributed by atoms with Gasteiger partial charge in [0, 0.05) is 18.5 Å². The molecule has 1 heterocycles. The Balaban J connectivity index is 2.10. The largest absolute Gasteiger partial charge is 0.441 e. The average molecular weight is 251 g/mol. The first-order valence-electron chi connectivity index (χ1n) is 5.71. The number of nitrogens with zero attached hydrogens (tertiary/aromatic N) is 1. The van der Waals surface area contributed by atoms with Crippen LogP contribution in [0, 0.1) is 0 Å². The van der Waals surface area contributed by atoms with Crippen LogP contribution in [0.15, 0.2) is 34.9 Å². The van der Waals surface area contributed by atoms with Crippen LogP contribution in [0.3, 0.4) is 0 Å². The molecule has 0 aliphatic carbocycles. The van der Waals surface area contributed by atoms with Crippen molar-refractivity contribution in [1.29, 1.82) is 0 Å². The minimum atomic E-state index is 0.682. The third kappa shape index (κ3) is 3.08. The predicted octanol–water partition coefficient (Wildman–Crippen LogP) is 3.15. The molecule has 3 nitrogen and oxygen atoms in total. The lowest BCUT2D eigenvalue weighted by Gasteiger charge is -1.99. The summed E-state index contributed by atoms with van der Waals surface area (Å²) in [7, 11) is 0. The zero-order valence-corrected chi connectivity index (χ0v) is 10.5. The molecule has 0 unspecified atom stereocenters. The third-order valence-corrected chi connectivity index (χ3v) is 2.79. The molecule has 0 saturated heterocycles. The Morgan fingerprint density at radius 2 is 2.18 bits per heavy atom. The van der Waals surface area contributed by atoms with E-state index in [2.05, 4.69) is 17.2 Å². The third-order valence-electron chi connectivity index (χ3n) is 2.46. The number of aromatic nitrogens is 1. The Hall–Kier alpha value is -1.32. The number of halogens is 1. The molecule has 2 rings (SSSR count). The van der Waals surface area contributed by atoms with Crippen LogP contribution in [0.1, 0.15) is 12.8 Å². The maximum atomic E-state index is 6.09. The Bertz CT molecular complexity index is 482. The van der Waals surface area contributed by atoms with E-state index in [1.165, 1.54) is 0 Å². The zero-order chi connectivity index (χ0) is 12.1. The van der Waals surface area contributed by atoms with E-state index in [0.717, 1.165) is 36.7 Å². The minimum absolute atomic E-state index is 0.682. The monoisotopic (exact) mass is 250 g/mol. The Morgan fingerprint density at radius 1 is 1.35 bits per heavy atom. The molecule has 0 saturated carbocycles. The van der Waals surface area contributed by atoms with Gasteiger partial charge >= 0.3 is 0 Å². The summed E-state index contributed by atoms with van der Waals surface area (Å²) in [5.74, 6) is 1.46. The molecule has 1 N–H and O–H groups in total. The van der Waals surface area contributed by atoms with Gasteiger partial charge in [-0.25, -0.2) is 4.98 Å². The first-order chi connectivity index (χ1) is 8.31. The number of oxazole rings is 1. The highest BCUT2D eigenvalue weighted by Crippen LogP contribution is 2.27. The first kappa shape index (κ1) is 12.1. The number of hydrogen-bond acceptors (Lipinski definition) is 3. The van der Waals surface area contributed by atoms with E-state index in [0.29, 0.717) is 5.02 Å². The normalized spacial score (nSPS) is 10.7. The zero-order valence-electron chi connectivity index (χ0n) is 9.74. The van der Waals surface area contributed by atoms with Crippen LogP contribution < -0.4 is 5.32 Å². The van der Waals surface area contributed by atoms with Gasteiger partial charge in [-0.1, -0.05) is 30.7 Å². The van der Waals surface area contributed by atoms with Gasteiger partial charge < -0.3 is 9.73 Å². The van der Waals surface area contributed by atoms with E-state index >= 15 is 0 Å². The summed E-state index contributed by atoms with van der Waals surface area (Å²) in [5, 5.41) is 3.91. The molecular weight excluding hydrogens is 236 g/mol. The van der Waals surface area contributed by atoms with Crippen LogP contribution in [-0.2, 0) is 6.42 Å². The van der Waals surface area contributed by atoms with E-state index in [1.54, 1.807) is 6.20 Å². The molecule has 4 heteroatoms. The van der Waals surface area contributed by atoms with Crippen molar-refractivity contribution in [2.45, 2.75) is 13.3 Å². The molecule has 1 aromatic carbocycles. The highest BCUT2D eigenvalue weighted by atomic mass is 35.5. The Kier molecular flexibility index (Phi) is 4.18. The lowest BCUT2D eigenvalue weighted by Crippen LogP contribution is -2.16. The lowest BCUT2D eigenvalue weighted by molar-refractivity contribution is 0.497. The Labute approximate surface area is 106 Å². The molecule has 0 fully saturated rings. The van der Waals surface area contributed by atoms with Crippen molar-refractivity contribution in [3.63, 3.8) is 0 Å². The van der Waals surface area contributed by atoms with Gasteiger partial charge in [0.1, 0.15) is 0 Å². The second kappa shape index (κ2) is 5.84. The van der Waals surface area contributed by atoms with Crippen molar-refractivity contribution in [3.05, 3.63) is 41.4 Å². The summed E-state index contributed by atoms with van der Waals surface area (Å²) in [6, 6.07) is 7.60. The molecule has 2 aromatic rings. The van der Waals surface area contributed by atoms with Crippen LogP contribution in [0.5, 0.6) is 0 Å². The molecule has 0 aliphatic rings. The topological polar surface area (TPSA) is 38.1 Å². The van der Waals surface area contributed by atoms with Gasteiger partial charge in [0.25, 0.3) is 0 Å². The minimum Gasteiger partial charge on any atom is -0.441 e. The summed E-state index contributed by atoms with van der Waals surface area (Å²) < 4.78 is 5.66. The summed E-state index contributed by atoms with van der Waals surface area (Å²) in [6.45, 7) is 3.90. The maximum absolute atomic E-state index is 6.09. The average Bonchev–Trinajstić information content (AvgIpc) is 2.79. The molecular formula is C13H15ClN2O. The van der Waals surface area contributed by atoms with Gasteiger partial charge in [-0.2, -0.15) is 0 Å². The fraction of sp³-hybridized carbons (Fsp3) is 0.308. The van der Waals surface area contributed by atoms with Crippen LogP contribution in [0.25, 0.3) is 11.3 Å². The summed E-state index contributed by atoms with van der Waals surface area (Å²) in [4.78, 5) is 4.24. The highest BCUT2D eigenvalue weighted by Gasteiger charge is 2.08. The molecule has 17 heavy (non-hydrogen) atoms. The SMILES string of the molecule is CCNCCc1ncc(-c2ccccc2Cl)o1. The smallest absolute Gasteiger partial charge is 0.196 e. The van der Waals surface area contributed by atoms with Crippen LogP contribution in [0.4, 0.5) is 0 Å². The molecule has 0 atom stereocenters. The van der Waals surface area contributed by atoms with Crippen molar-refractivity contribution in [3.8, 4) is 11.3 Å². The highest BCUT2D eigenvalue weighted by molar-refractivity contribution is 6.33. The number of nitrogens with one attached hydrogen (secondary N) is 1. The number of benzene rings is 1. The number of likely N-dealkylation sites (N-methyl/N-ethyl adjacent to an activating group) is 1. The second-order valence-corrected chi connectivity index (χ2v) is 4.11. The van der Waals surface area contributed by atoms with Crippen molar-refractivity contribution >= 4 is 11.6 Å². The van der Waals surface area contributed by atoms with Gasteiger partial charge in [-0.3, -0.25) is 0 Å². The van der Waals surface area contributed by atoms with Crippen molar-refractivity contribution < 1.29 is 4.42 Å². The standard InChI is InChI=1S/C13H15ClN2O/c1-2-15-8-7-13-16-9-12(17-13)10-5-3-4-6-11(10)14/h3-6,9,15H,2,7-8H2,1H3. The van der Waals surface area contributed by atoms with Gasteiger partial charge in [0.05, 0.1) is 11.2 Å². The number of hydrogen-bond donors (Lipinski definition) is 1. The van der Waals surface area contributed by atoms with Crippen LogP contribution >= 0.6 is 11.6 Å². The van der Waals surface area contributed by atoms with Gasteiger partial charge in [-0.15, -0.1) is 0 Å². The molecule has 0 radical (unpaired) electrons. The van der Waals surface area contributed by atoms with E-state index in [-0.39, 0.29) is 0 Å². The fourth-order valence-corrected chi connectivity index (χ4v) is 1.81. The van der Waals surface area contributed by atoms with Crippen LogP contribution in [-0.4, -0.2) is 18.1 Å². The molecule has 1 aromatic heterocycles. The quantitative estimate of drug-likeness (QED) is 0.829. The lowest BCUT2D eigenvalue weighted by atomic mass is 10.2. The van der Waals surface area contributed by atoms with Gasteiger partial charge in [0.15, 0.2) is 11.7 Å². The van der Waals surface area contributed by atoms with Gasteiger partial charge in [0.2, 0.25) is 0 Å². The summed E-state index contributed by atoms with van der Waals surface area (Å²) >= 11 is 6.09. The van der Waals surface area contributed by atoms with E-state index in [9.17, 15) is 0 Å². The number of rotatable bonds is 5. The fourth-order valence-electron chi connectivity index (χ4n) is 1.58. The molecule has 0 bridgehead atoms. The predicted molar refractivity (Wildman–Crippen MR) is 69.2 cm³/mol. The van der Waals surface area contributed by atoms with Crippen LogP contribution in [0.2, 0.25) is 5.02 Å². The van der Waals surface area contributed by atoms with E-state index in [4.69, 9.17) is 16.0 Å². The van der Waals surface area contributed by atoms with Crippen molar-refractivity contribution in [1.82, 2.24) is 10.3 Å². The molecule has 0 aliphatic heterocycles. The summed E-state index contributed by atoms with van der Waals surface area (Å²) in [5.41, 5.74) is 0.886. The second-order valence-electron chi connectivity index (χ2n) is 3.70. The van der Waals surface area contributed by atoms with Crippen molar-refractivity contribution in [2.24, 2.45) is 0 Å². The first-order valence-corrected chi connectivity index (χ1v) is 6.09. The van der Waals surface area contributed by atoms with E-state index < -0.39 is 0 Å². The van der Waals surface area contributed by atoms with Gasteiger partial charge in [-0.05, 0) is 18.7 Å². The molecule has 0 spiro atoms. The molecule has 90 valence electrons. The van der Waals surface area contributed by atoms with Crippen molar-refractivity contribution in [2.75, 3.05) is 13.1 Å². The molecule has 0 amide bonds.